The summed E-state index contributed by atoms with van der Waals surface area (Å²) in [6, 6.07) is 13.6. The molecule has 1 aliphatic rings. The molecule has 136 valence electrons. The number of ether oxygens (including phenoxy) is 1. The number of para-hydroxylation sites is 1. The van der Waals surface area contributed by atoms with Crippen LogP contribution in [-0.2, 0) is 14.4 Å². The van der Waals surface area contributed by atoms with Gasteiger partial charge in [-0.3, -0.25) is 14.9 Å². The molecule has 2 aromatic rings. The Morgan fingerprint density at radius 3 is 2.52 bits per heavy atom. The normalized spacial score (nSPS) is 15.6. The van der Waals surface area contributed by atoms with Gasteiger partial charge in [0.1, 0.15) is 11.3 Å². The van der Waals surface area contributed by atoms with Crippen molar-refractivity contribution in [2.24, 2.45) is 0 Å². The standard InChI is InChI=1S/C19H14N2O6/c22-16(23)11-27-14-8-4-5-12(9-14)10-15-17(24)20-19(26)21(18(15)25)13-6-2-1-3-7-13/h1-10H,11H2,(H,22,23)(H,20,24,26). The van der Waals surface area contributed by atoms with Gasteiger partial charge in [-0.2, -0.15) is 0 Å². The third-order valence-corrected chi connectivity index (χ3v) is 3.65. The zero-order chi connectivity index (χ0) is 19.4. The van der Waals surface area contributed by atoms with E-state index in [-0.39, 0.29) is 11.3 Å². The highest BCUT2D eigenvalue weighted by Crippen LogP contribution is 2.22. The number of urea groups is 1. The van der Waals surface area contributed by atoms with E-state index in [0.29, 0.717) is 11.3 Å². The van der Waals surface area contributed by atoms with Crippen molar-refractivity contribution in [2.45, 2.75) is 0 Å². The zero-order valence-corrected chi connectivity index (χ0v) is 13.9. The van der Waals surface area contributed by atoms with E-state index in [0.717, 1.165) is 4.90 Å². The first-order valence-electron chi connectivity index (χ1n) is 7.87. The molecule has 0 spiro atoms. The average molecular weight is 366 g/mol. The largest absolute Gasteiger partial charge is 0.482 e. The molecule has 0 aliphatic carbocycles. The summed E-state index contributed by atoms with van der Waals surface area (Å²) < 4.78 is 5.08. The van der Waals surface area contributed by atoms with Crippen molar-refractivity contribution in [3.63, 3.8) is 0 Å². The molecular formula is C19H14N2O6. The number of carbonyl (C=O) groups excluding carboxylic acids is 3. The van der Waals surface area contributed by atoms with E-state index in [9.17, 15) is 19.2 Å². The molecule has 3 rings (SSSR count). The average Bonchev–Trinajstić information content (AvgIpc) is 2.64. The molecule has 2 aromatic carbocycles. The van der Waals surface area contributed by atoms with E-state index in [1.807, 2.05) is 0 Å². The van der Waals surface area contributed by atoms with Gasteiger partial charge in [0.2, 0.25) is 0 Å². The Bertz CT molecular complexity index is 952. The molecule has 8 nitrogen and oxygen atoms in total. The molecule has 0 saturated carbocycles. The summed E-state index contributed by atoms with van der Waals surface area (Å²) in [5.41, 5.74) is 0.546. The van der Waals surface area contributed by atoms with E-state index < -0.39 is 30.4 Å². The van der Waals surface area contributed by atoms with Crippen LogP contribution in [0.25, 0.3) is 6.08 Å². The number of nitrogens with one attached hydrogen (secondary N) is 1. The first-order chi connectivity index (χ1) is 13.0. The molecule has 27 heavy (non-hydrogen) atoms. The van der Waals surface area contributed by atoms with Crippen molar-refractivity contribution in [1.29, 1.82) is 0 Å². The van der Waals surface area contributed by atoms with Gasteiger partial charge in [0.15, 0.2) is 6.61 Å². The maximum Gasteiger partial charge on any atom is 0.341 e. The second kappa shape index (κ2) is 7.52. The Hall–Kier alpha value is -3.94. The smallest absolute Gasteiger partial charge is 0.341 e. The number of carbonyl (C=O) groups is 4. The highest BCUT2D eigenvalue weighted by atomic mass is 16.5. The Morgan fingerprint density at radius 2 is 1.81 bits per heavy atom. The summed E-state index contributed by atoms with van der Waals surface area (Å²) in [4.78, 5) is 48.4. The zero-order valence-electron chi connectivity index (χ0n) is 13.9. The van der Waals surface area contributed by atoms with E-state index in [1.165, 1.54) is 12.1 Å². The van der Waals surface area contributed by atoms with Crippen LogP contribution in [0.2, 0.25) is 0 Å². The molecule has 0 unspecified atom stereocenters. The summed E-state index contributed by atoms with van der Waals surface area (Å²) in [6.07, 6.45) is 1.31. The number of carboxylic acid groups (broad SMARTS) is 1. The van der Waals surface area contributed by atoms with Crippen LogP contribution in [0.1, 0.15) is 5.56 Å². The molecule has 0 bridgehead atoms. The van der Waals surface area contributed by atoms with E-state index in [4.69, 9.17) is 9.84 Å². The number of imide groups is 2. The summed E-state index contributed by atoms with van der Waals surface area (Å²) in [5.74, 6) is -2.43. The highest BCUT2D eigenvalue weighted by molar-refractivity contribution is 6.39. The van der Waals surface area contributed by atoms with Gasteiger partial charge < -0.3 is 9.84 Å². The topological polar surface area (TPSA) is 113 Å². The van der Waals surface area contributed by atoms with Crippen LogP contribution in [0, 0.1) is 0 Å². The predicted molar refractivity (Wildman–Crippen MR) is 95.0 cm³/mol. The van der Waals surface area contributed by atoms with Gasteiger partial charge in [-0.15, -0.1) is 0 Å². The molecule has 4 amide bonds. The van der Waals surface area contributed by atoms with Gasteiger partial charge in [-0.1, -0.05) is 30.3 Å². The lowest BCUT2D eigenvalue weighted by Crippen LogP contribution is -2.54. The Labute approximate surface area is 153 Å². The highest BCUT2D eigenvalue weighted by Gasteiger charge is 2.36. The Balaban J connectivity index is 1.91. The number of hydrogen-bond acceptors (Lipinski definition) is 5. The van der Waals surface area contributed by atoms with Gasteiger partial charge in [-0.25, -0.2) is 14.5 Å². The van der Waals surface area contributed by atoms with Crippen LogP contribution < -0.4 is 15.0 Å². The number of aliphatic carboxylic acids is 1. The van der Waals surface area contributed by atoms with Crippen molar-refractivity contribution in [1.82, 2.24) is 5.32 Å². The summed E-state index contributed by atoms with van der Waals surface area (Å²) in [5, 5.41) is 10.8. The minimum Gasteiger partial charge on any atom is -0.482 e. The molecule has 0 aromatic heterocycles. The fraction of sp³-hybridized carbons (Fsp3) is 0.0526. The molecule has 2 N–H and O–H groups in total. The molecular weight excluding hydrogens is 352 g/mol. The molecule has 1 aliphatic heterocycles. The van der Waals surface area contributed by atoms with E-state index in [1.54, 1.807) is 48.5 Å². The first kappa shape index (κ1) is 17.9. The van der Waals surface area contributed by atoms with Crippen molar-refractivity contribution < 1.29 is 29.0 Å². The number of rotatable bonds is 5. The van der Waals surface area contributed by atoms with Crippen molar-refractivity contribution in [3.8, 4) is 5.75 Å². The van der Waals surface area contributed by atoms with Gasteiger partial charge in [-0.05, 0) is 35.9 Å². The number of amides is 4. The number of nitrogens with zero attached hydrogens (tertiary/aromatic N) is 1. The summed E-state index contributed by atoms with van der Waals surface area (Å²) in [7, 11) is 0. The van der Waals surface area contributed by atoms with Gasteiger partial charge in [0.05, 0.1) is 5.69 Å². The monoisotopic (exact) mass is 366 g/mol. The van der Waals surface area contributed by atoms with Crippen LogP contribution in [0.5, 0.6) is 5.75 Å². The molecule has 8 heteroatoms. The SMILES string of the molecule is O=C(O)COc1cccc(C=C2C(=O)NC(=O)N(c3ccccc3)C2=O)c1. The second-order valence-electron chi connectivity index (χ2n) is 5.55. The van der Waals surface area contributed by atoms with E-state index >= 15 is 0 Å². The summed E-state index contributed by atoms with van der Waals surface area (Å²) in [6.45, 7) is -0.518. The molecule has 0 radical (unpaired) electrons. The minimum atomic E-state index is -1.13. The Morgan fingerprint density at radius 1 is 1.07 bits per heavy atom. The van der Waals surface area contributed by atoms with Crippen LogP contribution >= 0.6 is 0 Å². The third-order valence-electron chi connectivity index (χ3n) is 3.65. The lowest BCUT2D eigenvalue weighted by atomic mass is 10.1. The number of benzene rings is 2. The molecule has 1 saturated heterocycles. The third kappa shape index (κ3) is 4.01. The lowest BCUT2D eigenvalue weighted by molar-refractivity contribution is -0.139. The van der Waals surface area contributed by atoms with Crippen molar-refractivity contribution in [3.05, 3.63) is 65.7 Å². The number of hydrogen-bond donors (Lipinski definition) is 2. The maximum absolute atomic E-state index is 12.7. The van der Waals surface area contributed by atoms with Gasteiger partial charge >= 0.3 is 12.0 Å². The fourth-order valence-electron chi connectivity index (χ4n) is 2.47. The van der Waals surface area contributed by atoms with Crippen LogP contribution in [0.15, 0.2) is 60.2 Å². The minimum absolute atomic E-state index is 0.228. The maximum atomic E-state index is 12.7. The fourth-order valence-corrected chi connectivity index (χ4v) is 2.47. The quantitative estimate of drug-likeness (QED) is 0.616. The Kier molecular flexibility index (Phi) is 4.98. The summed E-state index contributed by atoms with van der Waals surface area (Å²) >= 11 is 0. The van der Waals surface area contributed by atoms with Crippen molar-refractivity contribution >= 4 is 35.6 Å². The number of carboxylic acids is 1. The van der Waals surface area contributed by atoms with Crippen LogP contribution in [-0.4, -0.2) is 35.5 Å². The van der Waals surface area contributed by atoms with Gasteiger partial charge in [0.25, 0.3) is 11.8 Å². The van der Waals surface area contributed by atoms with Crippen LogP contribution in [0.3, 0.4) is 0 Å². The lowest BCUT2D eigenvalue weighted by Gasteiger charge is -2.26. The molecule has 0 atom stereocenters. The predicted octanol–water partition coefficient (Wildman–Crippen LogP) is 1.82. The molecule has 1 heterocycles. The van der Waals surface area contributed by atoms with Gasteiger partial charge in [0, 0.05) is 0 Å². The van der Waals surface area contributed by atoms with E-state index in [2.05, 4.69) is 5.32 Å². The number of barbiturate groups is 1. The second-order valence-corrected chi connectivity index (χ2v) is 5.55. The first-order valence-corrected chi connectivity index (χ1v) is 7.87. The van der Waals surface area contributed by atoms with Crippen molar-refractivity contribution in [2.75, 3.05) is 11.5 Å². The molecule has 1 fully saturated rings. The number of anilines is 1. The van der Waals surface area contributed by atoms with Crippen LogP contribution in [0.4, 0.5) is 10.5 Å².